The number of esters is 1. The third kappa shape index (κ3) is 4.39. The zero-order valence-electron chi connectivity index (χ0n) is 17.3. The van der Waals surface area contributed by atoms with Crippen LogP contribution in [0.3, 0.4) is 0 Å². The molecule has 0 saturated carbocycles. The second-order valence-electron chi connectivity index (χ2n) is 8.04. The fraction of sp³-hybridized carbons (Fsp3) is 0.348. The van der Waals surface area contributed by atoms with Crippen molar-refractivity contribution in [2.45, 2.75) is 49.3 Å². The summed E-state index contributed by atoms with van der Waals surface area (Å²) < 4.78 is 10.2. The quantitative estimate of drug-likeness (QED) is 0.549. The van der Waals surface area contributed by atoms with E-state index >= 15 is 0 Å². The first-order valence-corrected chi connectivity index (χ1v) is 10.9. The molecule has 2 aliphatic heterocycles. The molecule has 1 N–H and O–H groups in total. The molecule has 2 heterocycles. The minimum absolute atomic E-state index is 0.120. The van der Waals surface area contributed by atoms with E-state index in [1.54, 1.807) is 0 Å². The summed E-state index contributed by atoms with van der Waals surface area (Å²) in [5.41, 5.74) is 1.74. The van der Waals surface area contributed by atoms with Gasteiger partial charge in [0.2, 0.25) is 5.91 Å². The van der Waals surface area contributed by atoms with E-state index in [9.17, 15) is 14.4 Å². The van der Waals surface area contributed by atoms with Gasteiger partial charge in [0.15, 0.2) is 0 Å². The van der Waals surface area contributed by atoms with Crippen molar-refractivity contribution >= 4 is 29.7 Å². The number of nitrogens with zero attached hydrogens (tertiary/aromatic N) is 1. The van der Waals surface area contributed by atoms with Gasteiger partial charge in [-0.25, -0.2) is 9.59 Å². The van der Waals surface area contributed by atoms with Crippen molar-refractivity contribution in [1.82, 2.24) is 10.2 Å². The summed E-state index contributed by atoms with van der Waals surface area (Å²) in [5.74, 6) is -0.747. The molecule has 2 aromatic rings. The lowest BCUT2D eigenvalue weighted by molar-refractivity contribution is -0.164. The average Bonchev–Trinajstić information content (AvgIpc) is 3.03. The molecule has 0 bridgehead atoms. The van der Waals surface area contributed by atoms with Crippen molar-refractivity contribution in [3.63, 3.8) is 0 Å². The summed E-state index contributed by atoms with van der Waals surface area (Å²) in [6.07, 6.45) is -0.657. The zero-order chi connectivity index (χ0) is 22.0. The Labute approximate surface area is 185 Å². The fourth-order valence-corrected chi connectivity index (χ4v) is 5.45. The number of β-lactam (4-membered cyclic amide) rings is 1. The van der Waals surface area contributed by atoms with Crippen LogP contribution in [0, 0.1) is 0 Å². The molecule has 1 unspecified atom stereocenters. The number of ether oxygens (including phenoxy) is 2. The maximum Gasteiger partial charge on any atom is 0.408 e. The number of rotatable bonds is 6. The van der Waals surface area contributed by atoms with E-state index in [1.165, 1.54) is 16.7 Å². The lowest BCUT2D eigenvalue weighted by atomic mass is 9.96. The van der Waals surface area contributed by atoms with Crippen LogP contribution in [0.2, 0.25) is 0 Å². The number of alkyl carbamates (subject to hydrolysis) is 1. The lowest BCUT2D eigenvalue weighted by Gasteiger charge is -2.43. The molecular weight excluding hydrogens is 416 g/mol. The topological polar surface area (TPSA) is 84.9 Å². The van der Waals surface area contributed by atoms with Gasteiger partial charge in [-0.15, -0.1) is 11.8 Å². The third-order valence-corrected chi connectivity index (χ3v) is 6.95. The normalized spacial score (nSPS) is 23.5. The van der Waals surface area contributed by atoms with Gasteiger partial charge in [-0.05, 0) is 25.0 Å². The smallest absolute Gasteiger partial charge is 0.408 e. The standard InChI is InChI=1S/C23H24N2O5S/c1-23(2)18(21(27)29-13-15-9-5-3-6-10-15)25-19(26)17(20(25)31-23)24-22(28)30-14-16-11-7-4-8-12-16/h3-12,17-18,20H,13-14H2,1-2H3,(H,24,28)/t17?,18-,20+/m0/s1. The predicted octanol–water partition coefficient (Wildman–Crippen LogP) is 3.09. The summed E-state index contributed by atoms with van der Waals surface area (Å²) >= 11 is 1.48. The van der Waals surface area contributed by atoms with Gasteiger partial charge >= 0.3 is 12.1 Å². The molecule has 162 valence electrons. The van der Waals surface area contributed by atoms with Crippen LogP contribution in [0.5, 0.6) is 0 Å². The van der Waals surface area contributed by atoms with Gasteiger partial charge in [-0.3, -0.25) is 4.79 Å². The van der Waals surface area contributed by atoms with Crippen LogP contribution in [0.15, 0.2) is 60.7 Å². The number of nitrogens with one attached hydrogen (secondary N) is 1. The molecule has 0 spiro atoms. The van der Waals surface area contributed by atoms with Gasteiger partial charge in [-0.2, -0.15) is 0 Å². The second kappa shape index (κ2) is 8.63. The number of thioether (sulfide) groups is 1. The first kappa shape index (κ1) is 21.2. The van der Waals surface area contributed by atoms with Crippen LogP contribution in [0.25, 0.3) is 0 Å². The Morgan fingerprint density at radius 2 is 1.52 bits per heavy atom. The van der Waals surface area contributed by atoms with Crippen molar-refractivity contribution < 1.29 is 23.9 Å². The number of hydrogen-bond acceptors (Lipinski definition) is 6. The summed E-state index contributed by atoms with van der Waals surface area (Å²) in [6.45, 7) is 4.08. The van der Waals surface area contributed by atoms with Crippen molar-refractivity contribution in [2.75, 3.05) is 0 Å². The van der Waals surface area contributed by atoms with Gasteiger partial charge in [-0.1, -0.05) is 60.7 Å². The van der Waals surface area contributed by atoms with E-state index in [-0.39, 0.29) is 24.5 Å². The molecule has 3 atom stereocenters. The maximum atomic E-state index is 12.8. The monoisotopic (exact) mass is 440 g/mol. The van der Waals surface area contributed by atoms with Gasteiger partial charge in [0.05, 0.1) is 0 Å². The SMILES string of the molecule is CC1(C)S[C@@H]2C(NC(=O)OCc3ccccc3)C(=O)N2[C@H]1C(=O)OCc1ccccc1. The highest BCUT2D eigenvalue weighted by atomic mass is 32.2. The van der Waals surface area contributed by atoms with Crippen LogP contribution < -0.4 is 5.32 Å². The van der Waals surface area contributed by atoms with Crippen LogP contribution >= 0.6 is 11.8 Å². The Morgan fingerprint density at radius 1 is 0.968 bits per heavy atom. The van der Waals surface area contributed by atoms with Gasteiger partial charge < -0.3 is 19.7 Å². The number of amides is 2. The molecule has 4 rings (SSSR count). The highest BCUT2D eigenvalue weighted by molar-refractivity contribution is 8.01. The Morgan fingerprint density at radius 3 is 2.10 bits per heavy atom. The highest BCUT2D eigenvalue weighted by Crippen LogP contribution is 2.51. The van der Waals surface area contributed by atoms with Crippen LogP contribution in [-0.2, 0) is 32.3 Å². The minimum atomic E-state index is -0.723. The first-order chi connectivity index (χ1) is 14.9. The largest absolute Gasteiger partial charge is 0.459 e. The van der Waals surface area contributed by atoms with Crippen molar-refractivity contribution in [3.8, 4) is 0 Å². The van der Waals surface area contributed by atoms with Gasteiger partial charge in [0, 0.05) is 4.75 Å². The van der Waals surface area contributed by atoms with E-state index in [4.69, 9.17) is 9.47 Å². The highest BCUT2D eigenvalue weighted by Gasteiger charge is 2.64. The van der Waals surface area contributed by atoms with Gasteiger partial charge in [0.25, 0.3) is 0 Å². The second-order valence-corrected chi connectivity index (χ2v) is 9.81. The Balaban J connectivity index is 1.34. The van der Waals surface area contributed by atoms with E-state index in [2.05, 4.69) is 5.32 Å². The molecule has 0 aromatic heterocycles. The number of hydrogen-bond donors (Lipinski definition) is 1. The molecule has 31 heavy (non-hydrogen) atoms. The van der Waals surface area contributed by atoms with E-state index in [1.807, 2.05) is 74.5 Å². The van der Waals surface area contributed by atoms with Crippen molar-refractivity contribution in [3.05, 3.63) is 71.8 Å². The van der Waals surface area contributed by atoms with Crippen LogP contribution in [0.4, 0.5) is 4.79 Å². The van der Waals surface area contributed by atoms with Gasteiger partial charge in [0.1, 0.15) is 30.7 Å². The summed E-state index contributed by atoms with van der Waals surface area (Å²) in [7, 11) is 0. The molecular formula is C23H24N2O5S. The maximum absolute atomic E-state index is 12.8. The molecule has 0 radical (unpaired) electrons. The minimum Gasteiger partial charge on any atom is -0.459 e. The molecule has 7 nitrogen and oxygen atoms in total. The van der Waals surface area contributed by atoms with E-state index in [0.717, 1.165) is 11.1 Å². The predicted molar refractivity (Wildman–Crippen MR) is 116 cm³/mol. The Kier molecular flexibility index (Phi) is 5.91. The number of benzene rings is 2. The van der Waals surface area contributed by atoms with E-state index < -0.39 is 28.9 Å². The fourth-order valence-electron chi connectivity index (χ4n) is 3.83. The summed E-state index contributed by atoms with van der Waals surface area (Å²) in [5, 5.41) is 2.31. The molecule has 2 aromatic carbocycles. The lowest BCUT2D eigenvalue weighted by Crippen LogP contribution is -2.70. The Hall–Kier alpha value is -3.00. The summed E-state index contributed by atoms with van der Waals surface area (Å²) in [6, 6.07) is 17.3. The molecule has 2 saturated heterocycles. The number of fused-ring (bicyclic) bond motifs is 1. The van der Waals surface area contributed by atoms with Crippen LogP contribution in [-0.4, -0.2) is 45.1 Å². The zero-order valence-corrected chi connectivity index (χ0v) is 18.1. The molecule has 2 fully saturated rings. The average molecular weight is 441 g/mol. The van der Waals surface area contributed by atoms with Crippen molar-refractivity contribution in [2.24, 2.45) is 0 Å². The van der Waals surface area contributed by atoms with Crippen molar-refractivity contribution in [1.29, 1.82) is 0 Å². The van der Waals surface area contributed by atoms with Crippen LogP contribution in [0.1, 0.15) is 25.0 Å². The van der Waals surface area contributed by atoms with E-state index in [0.29, 0.717) is 0 Å². The third-order valence-electron chi connectivity index (χ3n) is 5.37. The molecule has 2 amide bonds. The molecule has 2 aliphatic rings. The summed E-state index contributed by atoms with van der Waals surface area (Å²) in [4.78, 5) is 39.3. The number of carbonyl (C=O) groups is 3. The number of carbonyl (C=O) groups excluding carboxylic acids is 3. The first-order valence-electron chi connectivity index (χ1n) is 10.0. The molecule has 8 heteroatoms. The molecule has 0 aliphatic carbocycles. The Bertz CT molecular complexity index is 966.